The van der Waals surface area contributed by atoms with Crippen molar-refractivity contribution in [3.8, 4) is 0 Å². The summed E-state index contributed by atoms with van der Waals surface area (Å²) < 4.78 is 5.47. The van der Waals surface area contributed by atoms with Crippen LogP contribution in [-0.4, -0.2) is 34.4 Å². The number of amides is 1. The zero-order valence-electron chi connectivity index (χ0n) is 13.4. The molecule has 0 aliphatic heterocycles. The van der Waals surface area contributed by atoms with Gasteiger partial charge in [0.2, 0.25) is 11.0 Å². The van der Waals surface area contributed by atoms with Gasteiger partial charge in [-0.2, -0.15) is 0 Å². The maximum atomic E-state index is 11.9. The Hall–Kier alpha value is -1.93. The number of carbonyl (C=O) groups is 2. The lowest BCUT2D eigenvalue weighted by atomic mass is 10.1. The number of esters is 1. The highest BCUT2D eigenvalue weighted by Gasteiger charge is 2.10. The predicted molar refractivity (Wildman–Crippen MR) is 95.3 cm³/mol. The molecular formula is C16H19N3O3S2. The third-order valence-electron chi connectivity index (χ3n) is 2.98. The molecule has 0 fully saturated rings. The van der Waals surface area contributed by atoms with Crippen LogP contribution in [0.4, 0.5) is 5.13 Å². The van der Waals surface area contributed by atoms with Crippen LogP contribution in [0.3, 0.4) is 0 Å². The minimum Gasteiger partial charge on any atom is -0.465 e. The second-order valence-electron chi connectivity index (χ2n) is 4.85. The largest absolute Gasteiger partial charge is 0.465 e. The highest BCUT2D eigenvalue weighted by Crippen LogP contribution is 2.25. The third kappa shape index (κ3) is 6.67. The molecule has 1 aromatic carbocycles. The molecule has 1 amide bonds. The Bertz CT molecular complexity index is 662. The van der Waals surface area contributed by atoms with E-state index in [1.807, 2.05) is 18.2 Å². The number of thioether (sulfide) groups is 1. The van der Waals surface area contributed by atoms with Crippen LogP contribution in [0.2, 0.25) is 0 Å². The second kappa shape index (κ2) is 10.0. The summed E-state index contributed by atoms with van der Waals surface area (Å²) in [5, 5.41) is 11.0. The van der Waals surface area contributed by atoms with Crippen molar-refractivity contribution in [1.82, 2.24) is 10.2 Å². The minimum atomic E-state index is -0.288. The fraction of sp³-hybridized carbons (Fsp3) is 0.375. The summed E-state index contributed by atoms with van der Waals surface area (Å²) in [6.45, 7) is 2.12. The van der Waals surface area contributed by atoms with Gasteiger partial charge in [0, 0.05) is 6.42 Å². The lowest BCUT2D eigenvalue weighted by molar-refractivity contribution is -0.139. The van der Waals surface area contributed by atoms with Crippen molar-refractivity contribution in [2.45, 2.75) is 30.5 Å². The quantitative estimate of drug-likeness (QED) is 0.418. The highest BCUT2D eigenvalue weighted by molar-refractivity contribution is 8.01. The molecule has 128 valence electrons. The summed E-state index contributed by atoms with van der Waals surface area (Å²) in [7, 11) is 0. The van der Waals surface area contributed by atoms with E-state index in [0.717, 1.165) is 12.8 Å². The molecule has 0 atom stereocenters. The first kappa shape index (κ1) is 18.4. The Morgan fingerprint density at radius 1 is 1.25 bits per heavy atom. The molecule has 0 aliphatic rings. The van der Waals surface area contributed by atoms with Gasteiger partial charge in [-0.1, -0.05) is 53.4 Å². The zero-order valence-corrected chi connectivity index (χ0v) is 15.0. The molecule has 0 aliphatic carbocycles. The van der Waals surface area contributed by atoms with Crippen molar-refractivity contribution in [3.63, 3.8) is 0 Å². The summed E-state index contributed by atoms with van der Waals surface area (Å²) in [5.74, 6) is -0.179. The predicted octanol–water partition coefficient (Wildman–Crippen LogP) is 3.15. The van der Waals surface area contributed by atoms with Gasteiger partial charge in [-0.05, 0) is 25.3 Å². The van der Waals surface area contributed by atoms with Gasteiger partial charge in [-0.25, -0.2) is 0 Å². The van der Waals surface area contributed by atoms with E-state index in [0.29, 0.717) is 22.5 Å². The molecule has 8 heteroatoms. The summed E-state index contributed by atoms with van der Waals surface area (Å²) in [5.41, 5.74) is 1.22. The highest BCUT2D eigenvalue weighted by atomic mass is 32.2. The summed E-state index contributed by atoms with van der Waals surface area (Å²) in [4.78, 5) is 23.2. The number of aryl methyl sites for hydroxylation is 1. The summed E-state index contributed by atoms with van der Waals surface area (Å²) >= 11 is 2.50. The number of nitrogens with one attached hydrogen (secondary N) is 1. The van der Waals surface area contributed by atoms with Gasteiger partial charge < -0.3 is 10.1 Å². The summed E-state index contributed by atoms with van der Waals surface area (Å²) in [6, 6.07) is 10.1. The molecule has 1 heterocycles. The number of hydrogen-bond acceptors (Lipinski definition) is 7. The molecule has 0 saturated heterocycles. The molecule has 2 rings (SSSR count). The van der Waals surface area contributed by atoms with Gasteiger partial charge in [-0.3, -0.25) is 9.59 Å². The van der Waals surface area contributed by atoms with Gasteiger partial charge in [-0.15, -0.1) is 10.2 Å². The molecule has 0 bridgehead atoms. The van der Waals surface area contributed by atoms with Crippen LogP contribution in [0.25, 0.3) is 0 Å². The number of rotatable bonds is 9. The van der Waals surface area contributed by atoms with Gasteiger partial charge in [0.15, 0.2) is 4.34 Å². The molecule has 6 nitrogen and oxygen atoms in total. The molecule has 0 unspecified atom stereocenters. The lowest BCUT2D eigenvalue weighted by Crippen LogP contribution is -2.11. The van der Waals surface area contributed by atoms with Gasteiger partial charge in [0.05, 0.1) is 12.4 Å². The van der Waals surface area contributed by atoms with Crippen molar-refractivity contribution < 1.29 is 14.3 Å². The monoisotopic (exact) mass is 365 g/mol. The molecule has 1 aromatic heterocycles. The SMILES string of the molecule is CCOC(=O)CSc1nnc(NC(=O)CCCc2ccccc2)s1. The topological polar surface area (TPSA) is 81.2 Å². The van der Waals surface area contributed by atoms with Crippen LogP contribution in [0.1, 0.15) is 25.3 Å². The van der Waals surface area contributed by atoms with E-state index in [9.17, 15) is 9.59 Å². The Balaban J connectivity index is 1.69. The minimum absolute atomic E-state index is 0.0796. The summed E-state index contributed by atoms with van der Waals surface area (Å²) in [6.07, 6.45) is 2.07. The van der Waals surface area contributed by atoms with Crippen LogP contribution in [-0.2, 0) is 20.7 Å². The number of carbonyl (C=O) groups excluding carboxylic acids is 2. The van der Waals surface area contributed by atoms with E-state index in [2.05, 4.69) is 27.6 Å². The third-order valence-corrected chi connectivity index (χ3v) is 4.93. The molecule has 24 heavy (non-hydrogen) atoms. The first-order chi connectivity index (χ1) is 11.7. The molecule has 2 aromatic rings. The van der Waals surface area contributed by atoms with E-state index in [4.69, 9.17) is 4.74 Å². The maximum Gasteiger partial charge on any atom is 0.316 e. The van der Waals surface area contributed by atoms with Crippen molar-refractivity contribution in [3.05, 3.63) is 35.9 Å². The number of ether oxygens (including phenoxy) is 1. The van der Waals surface area contributed by atoms with Crippen LogP contribution < -0.4 is 5.32 Å². The molecular weight excluding hydrogens is 346 g/mol. The van der Waals surface area contributed by atoms with E-state index >= 15 is 0 Å². The lowest BCUT2D eigenvalue weighted by Gasteiger charge is -2.02. The number of nitrogens with zero attached hydrogens (tertiary/aromatic N) is 2. The van der Waals surface area contributed by atoms with Crippen molar-refractivity contribution >= 4 is 40.1 Å². The molecule has 0 spiro atoms. The zero-order chi connectivity index (χ0) is 17.2. The fourth-order valence-electron chi connectivity index (χ4n) is 1.92. The van der Waals surface area contributed by atoms with E-state index in [1.165, 1.54) is 28.7 Å². The fourth-order valence-corrected chi connectivity index (χ4v) is 3.49. The smallest absolute Gasteiger partial charge is 0.316 e. The number of anilines is 1. The van der Waals surface area contributed by atoms with Crippen LogP contribution in [0, 0.1) is 0 Å². The Morgan fingerprint density at radius 2 is 2.04 bits per heavy atom. The van der Waals surface area contributed by atoms with Gasteiger partial charge >= 0.3 is 5.97 Å². The van der Waals surface area contributed by atoms with Crippen molar-refractivity contribution in [2.75, 3.05) is 17.7 Å². The first-order valence-electron chi connectivity index (χ1n) is 7.63. The maximum absolute atomic E-state index is 11.9. The Kier molecular flexibility index (Phi) is 7.70. The van der Waals surface area contributed by atoms with Crippen LogP contribution in [0.15, 0.2) is 34.7 Å². The average molecular weight is 365 g/mol. The Labute approximate surface area is 149 Å². The number of benzene rings is 1. The van der Waals surface area contributed by atoms with Crippen LogP contribution in [0.5, 0.6) is 0 Å². The Morgan fingerprint density at radius 3 is 2.79 bits per heavy atom. The number of hydrogen-bond donors (Lipinski definition) is 1. The van der Waals surface area contributed by atoms with Gasteiger partial charge in [0.25, 0.3) is 0 Å². The molecule has 0 radical (unpaired) electrons. The van der Waals surface area contributed by atoms with Crippen molar-refractivity contribution in [1.29, 1.82) is 0 Å². The molecule has 0 saturated carbocycles. The average Bonchev–Trinajstić information content (AvgIpc) is 3.01. The van der Waals surface area contributed by atoms with E-state index in [-0.39, 0.29) is 17.6 Å². The standard InChI is InChI=1S/C16H19N3O3S2/c1-2-22-14(21)11-23-16-19-18-15(24-16)17-13(20)10-6-9-12-7-4-3-5-8-12/h3-5,7-8H,2,6,9-11H2,1H3,(H,17,18,20). The normalized spacial score (nSPS) is 10.4. The second-order valence-corrected chi connectivity index (χ2v) is 7.05. The van der Waals surface area contributed by atoms with E-state index in [1.54, 1.807) is 6.92 Å². The van der Waals surface area contributed by atoms with Gasteiger partial charge in [0.1, 0.15) is 0 Å². The molecule has 1 N–H and O–H groups in total. The first-order valence-corrected chi connectivity index (χ1v) is 9.43. The van der Waals surface area contributed by atoms with Crippen molar-refractivity contribution in [2.24, 2.45) is 0 Å². The van der Waals surface area contributed by atoms with E-state index < -0.39 is 0 Å². The number of aromatic nitrogens is 2. The van der Waals surface area contributed by atoms with Crippen LogP contribution >= 0.6 is 23.1 Å².